The third-order valence-electron chi connectivity index (χ3n) is 6.53. The number of unbranched alkanes of at least 4 members (excludes halogenated alkanes) is 20. The highest BCUT2D eigenvalue weighted by Gasteiger charge is 1.98. The van der Waals surface area contributed by atoms with Crippen molar-refractivity contribution < 1.29 is 17.0 Å². The molecule has 0 saturated heterocycles. The third-order valence-corrected chi connectivity index (χ3v) is 6.80. The van der Waals surface area contributed by atoms with Crippen LogP contribution in [0.3, 0.4) is 0 Å². The van der Waals surface area contributed by atoms with E-state index in [-0.39, 0.29) is 12.4 Å². The molecule has 34 heavy (non-hydrogen) atoms. The lowest BCUT2D eigenvalue weighted by Crippen LogP contribution is -3.00. The Morgan fingerprint density at radius 2 is 0.765 bits per heavy atom. The molecule has 1 aromatic rings. The van der Waals surface area contributed by atoms with Gasteiger partial charge in [-0.2, -0.15) is 0 Å². The van der Waals surface area contributed by atoms with E-state index in [0.29, 0.717) is 0 Å². The molecule has 0 spiro atoms. The zero-order valence-electron chi connectivity index (χ0n) is 23.1. The molecule has 0 bridgehead atoms. The van der Waals surface area contributed by atoms with Crippen LogP contribution in [0.15, 0.2) is 30.6 Å². The highest BCUT2D eigenvalue weighted by Crippen LogP contribution is 2.13. The Kier molecular flexibility index (Phi) is 34.5. The molecule has 0 N–H and O–H groups in total. The summed E-state index contributed by atoms with van der Waals surface area (Å²) in [7, 11) is 0. The van der Waals surface area contributed by atoms with Gasteiger partial charge in [0, 0.05) is 24.4 Å². The van der Waals surface area contributed by atoms with Gasteiger partial charge in [-0.25, -0.2) is 4.57 Å². The number of aromatic nitrogens is 1. The van der Waals surface area contributed by atoms with Gasteiger partial charge in [-0.05, 0) is 12.8 Å². The number of pyridine rings is 1. The van der Waals surface area contributed by atoms with Crippen LogP contribution in [0.5, 0.6) is 0 Å². The molecule has 0 aliphatic heterocycles. The van der Waals surface area contributed by atoms with Gasteiger partial charge in [0.15, 0.2) is 12.4 Å². The molecule has 0 amide bonds. The fourth-order valence-electron chi connectivity index (χ4n) is 4.30. The Hall–Kier alpha value is -0.270. The van der Waals surface area contributed by atoms with Crippen LogP contribution in [0.25, 0.3) is 0 Å². The van der Waals surface area contributed by atoms with E-state index < -0.39 is 0 Å². The van der Waals surface area contributed by atoms with Crippen molar-refractivity contribution in [1.82, 2.24) is 0 Å². The molecule has 0 aliphatic carbocycles. The van der Waals surface area contributed by atoms with E-state index in [1.165, 1.54) is 148 Å². The number of hydrogen-bond donors (Lipinski definition) is 0. The lowest BCUT2D eigenvalue weighted by molar-refractivity contribution is -0.697. The Morgan fingerprint density at radius 3 is 1.12 bits per heavy atom. The van der Waals surface area contributed by atoms with E-state index in [4.69, 9.17) is 11.6 Å². The third kappa shape index (κ3) is 29.8. The highest BCUT2D eigenvalue weighted by molar-refractivity contribution is 6.17. The smallest absolute Gasteiger partial charge is 0.168 e. The van der Waals surface area contributed by atoms with Gasteiger partial charge < -0.3 is 12.4 Å². The molecule has 202 valence electrons. The Labute approximate surface area is 226 Å². The number of hydrogen-bond acceptors (Lipinski definition) is 0. The summed E-state index contributed by atoms with van der Waals surface area (Å²) in [4.78, 5) is 0. The SMILES string of the molecule is CCCCCCCCCCCCCCCC[n+]1ccccc1.CCCCCCCCCCCl.[Cl-]. The van der Waals surface area contributed by atoms with Crippen LogP contribution in [0.1, 0.15) is 155 Å². The minimum absolute atomic E-state index is 0. The van der Waals surface area contributed by atoms with Crippen LogP contribution < -0.4 is 17.0 Å². The summed E-state index contributed by atoms with van der Waals surface area (Å²) >= 11 is 5.56. The molecule has 3 heteroatoms. The van der Waals surface area contributed by atoms with Crippen LogP contribution in [-0.4, -0.2) is 5.88 Å². The summed E-state index contributed by atoms with van der Waals surface area (Å²) in [6.07, 6.45) is 35.4. The van der Waals surface area contributed by atoms with E-state index in [2.05, 4.69) is 49.0 Å². The molecule has 1 heterocycles. The van der Waals surface area contributed by atoms with E-state index >= 15 is 0 Å². The summed E-state index contributed by atoms with van der Waals surface area (Å²) in [5.41, 5.74) is 0. The standard InChI is InChI=1S/C21H38N.C10H21Cl.ClH/c1-2-3-4-5-6-7-8-9-10-11-12-13-14-16-19-22-20-17-15-18-21-22;1-2-3-4-5-6-7-8-9-10-11;/h15,17-18,20-21H,2-14,16,19H2,1H3;2-10H2,1H3;1H/q+1;;/p-1. The van der Waals surface area contributed by atoms with Crippen molar-refractivity contribution in [3.05, 3.63) is 30.6 Å². The van der Waals surface area contributed by atoms with Gasteiger partial charge in [-0.1, -0.05) is 142 Å². The van der Waals surface area contributed by atoms with Crippen LogP contribution in [0.4, 0.5) is 0 Å². The summed E-state index contributed by atoms with van der Waals surface area (Å²) < 4.78 is 2.29. The summed E-state index contributed by atoms with van der Waals surface area (Å²) in [6.45, 7) is 5.73. The number of nitrogens with zero attached hydrogens (tertiary/aromatic N) is 1. The molecule has 0 atom stereocenters. The van der Waals surface area contributed by atoms with Crippen LogP contribution >= 0.6 is 11.6 Å². The van der Waals surface area contributed by atoms with Gasteiger partial charge in [0.05, 0.1) is 0 Å². The van der Waals surface area contributed by atoms with E-state index in [1.807, 2.05) is 0 Å². The summed E-state index contributed by atoms with van der Waals surface area (Å²) in [6, 6.07) is 6.31. The number of alkyl halides is 1. The maximum absolute atomic E-state index is 5.56. The number of aryl methyl sites for hydroxylation is 1. The van der Waals surface area contributed by atoms with Crippen LogP contribution in [-0.2, 0) is 6.54 Å². The lowest BCUT2D eigenvalue weighted by atomic mass is 10.0. The molecule has 0 aromatic carbocycles. The van der Waals surface area contributed by atoms with Gasteiger partial charge in [-0.15, -0.1) is 11.6 Å². The first-order chi connectivity index (χ1) is 16.3. The Balaban J connectivity index is 0. The lowest BCUT2D eigenvalue weighted by Gasteiger charge is -2.02. The molecular weight excluding hydrogens is 457 g/mol. The zero-order chi connectivity index (χ0) is 24.1. The molecule has 1 aromatic heterocycles. The van der Waals surface area contributed by atoms with Gasteiger partial charge in [0.2, 0.25) is 0 Å². The minimum atomic E-state index is 0. The van der Waals surface area contributed by atoms with Crippen molar-refractivity contribution >= 4 is 11.6 Å². The molecule has 0 saturated carbocycles. The summed E-state index contributed by atoms with van der Waals surface area (Å²) in [5.74, 6) is 0.842. The van der Waals surface area contributed by atoms with Crippen LogP contribution in [0, 0.1) is 0 Å². The van der Waals surface area contributed by atoms with Crippen molar-refractivity contribution in [2.45, 2.75) is 162 Å². The van der Waals surface area contributed by atoms with Crippen LogP contribution in [0.2, 0.25) is 0 Å². The Bertz CT molecular complexity index is 444. The molecule has 0 aliphatic rings. The second-order valence-electron chi connectivity index (χ2n) is 9.87. The predicted octanol–water partition coefficient (Wildman–Crippen LogP) is 7.83. The predicted molar refractivity (Wildman–Crippen MR) is 150 cm³/mol. The van der Waals surface area contributed by atoms with Gasteiger partial charge in [-0.3, -0.25) is 0 Å². The second-order valence-corrected chi connectivity index (χ2v) is 10.3. The minimum Gasteiger partial charge on any atom is -1.00 e. The van der Waals surface area contributed by atoms with E-state index in [9.17, 15) is 0 Å². The molecule has 0 radical (unpaired) electrons. The fraction of sp³-hybridized carbons (Fsp3) is 0.839. The first-order valence-electron chi connectivity index (χ1n) is 14.8. The maximum atomic E-state index is 5.56. The number of halogens is 2. The molecule has 1 nitrogen and oxygen atoms in total. The van der Waals surface area contributed by atoms with Crippen molar-refractivity contribution in [3.63, 3.8) is 0 Å². The quantitative estimate of drug-likeness (QED) is 0.0793. The van der Waals surface area contributed by atoms with Gasteiger partial charge >= 0.3 is 0 Å². The van der Waals surface area contributed by atoms with Crippen molar-refractivity contribution in [2.75, 3.05) is 5.88 Å². The number of rotatable bonds is 23. The van der Waals surface area contributed by atoms with Gasteiger partial charge in [0.25, 0.3) is 0 Å². The van der Waals surface area contributed by atoms with E-state index in [0.717, 1.165) is 5.88 Å². The average molecular weight is 517 g/mol. The molecule has 0 fully saturated rings. The maximum Gasteiger partial charge on any atom is 0.168 e. The normalized spacial score (nSPS) is 10.4. The van der Waals surface area contributed by atoms with Crippen molar-refractivity contribution in [2.24, 2.45) is 0 Å². The van der Waals surface area contributed by atoms with Crippen molar-refractivity contribution in [1.29, 1.82) is 0 Å². The topological polar surface area (TPSA) is 3.88 Å². The first kappa shape index (κ1) is 35.9. The Morgan fingerprint density at radius 1 is 0.441 bits per heavy atom. The van der Waals surface area contributed by atoms with Gasteiger partial charge in [0.1, 0.15) is 6.54 Å². The molecular formula is C31H59Cl2N. The van der Waals surface area contributed by atoms with Crippen molar-refractivity contribution in [3.8, 4) is 0 Å². The fourth-order valence-corrected chi connectivity index (χ4v) is 4.49. The highest BCUT2D eigenvalue weighted by atomic mass is 35.5. The summed E-state index contributed by atoms with van der Waals surface area (Å²) in [5, 5.41) is 0. The molecule has 0 unspecified atom stereocenters. The monoisotopic (exact) mass is 515 g/mol. The van der Waals surface area contributed by atoms with E-state index in [1.54, 1.807) is 0 Å². The zero-order valence-corrected chi connectivity index (χ0v) is 24.6. The first-order valence-corrected chi connectivity index (χ1v) is 15.4. The molecule has 1 rings (SSSR count). The largest absolute Gasteiger partial charge is 1.00 e. The average Bonchev–Trinajstić information content (AvgIpc) is 2.85. The second kappa shape index (κ2) is 32.7.